The molecular formula is C19H22N2O4. The van der Waals surface area contributed by atoms with Gasteiger partial charge in [0, 0.05) is 13.0 Å². The molecule has 6 heteroatoms. The summed E-state index contributed by atoms with van der Waals surface area (Å²) in [6.07, 6.45) is 0.182. The third-order valence-electron chi connectivity index (χ3n) is 4.43. The number of carbonyl (C=O) groups is 1. The van der Waals surface area contributed by atoms with Crippen LogP contribution < -0.4 is 5.48 Å². The molecular weight excluding hydrogens is 320 g/mol. The van der Waals surface area contributed by atoms with Crippen molar-refractivity contribution in [2.75, 3.05) is 6.54 Å². The Morgan fingerprint density at radius 3 is 2.64 bits per heavy atom. The fourth-order valence-electron chi connectivity index (χ4n) is 3.09. The van der Waals surface area contributed by atoms with Crippen LogP contribution in [0, 0.1) is 0 Å². The molecule has 2 aromatic carbocycles. The summed E-state index contributed by atoms with van der Waals surface area (Å²) in [5.74, 6) is -0.574. The number of nitrogens with zero attached hydrogens (tertiary/aromatic N) is 1. The second-order valence-corrected chi connectivity index (χ2v) is 6.11. The molecule has 1 heterocycles. The van der Waals surface area contributed by atoms with Gasteiger partial charge in [0.2, 0.25) is 0 Å². The SMILES string of the molecule is O=C(NO)[C@H]1C[C@@H](O)CCN1OCc1ccccc1-c1ccccc1. The van der Waals surface area contributed by atoms with Crippen LogP contribution in [0.2, 0.25) is 0 Å². The van der Waals surface area contributed by atoms with Gasteiger partial charge < -0.3 is 5.11 Å². The molecule has 1 amide bonds. The summed E-state index contributed by atoms with van der Waals surface area (Å²) in [5.41, 5.74) is 4.82. The van der Waals surface area contributed by atoms with Crippen molar-refractivity contribution in [1.82, 2.24) is 10.5 Å². The summed E-state index contributed by atoms with van der Waals surface area (Å²) >= 11 is 0. The molecule has 0 aromatic heterocycles. The Hall–Kier alpha value is -2.25. The van der Waals surface area contributed by atoms with Crippen molar-refractivity contribution in [3.8, 4) is 11.1 Å². The van der Waals surface area contributed by atoms with E-state index in [1.54, 1.807) is 10.5 Å². The van der Waals surface area contributed by atoms with Crippen LogP contribution in [0.25, 0.3) is 11.1 Å². The van der Waals surface area contributed by atoms with Gasteiger partial charge in [-0.25, -0.2) is 5.48 Å². The van der Waals surface area contributed by atoms with Gasteiger partial charge in [0.1, 0.15) is 6.04 Å². The zero-order valence-corrected chi connectivity index (χ0v) is 13.8. The molecule has 3 rings (SSSR count). The first-order valence-corrected chi connectivity index (χ1v) is 8.34. The number of hydrogen-bond donors (Lipinski definition) is 3. The number of carbonyl (C=O) groups excluding carboxylic acids is 1. The van der Waals surface area contributed by atoms with E-state index in [2.05, 4.69) is 0 Å². The molecule has 132 valence electrons. The summed E-state index contributed by atoms with van der Waals surface area (Å²) in [5, 5.41) is 20.2. The lowest BCUT2D eigenvalue weighted by Crippen LogP contribution is -2.51. The number of aliphatic hydroxyl groups is 1. The summed E-state index contributed by atoms with van der Waals surface area (Å²) in [4.78, 5) is 17.7. The minimum absolute atomic E-state index is 0.229. The number of benzene rings is 2. The van der Waals surface area contributed by atoms with E-state index in [9.17, 15) is 9.90 Å². The first-order chi connectivity index (χ1) is 12.2. The summed E-state index contributed by atoms with van der Waals surface area (Å²) < 4.78 is 0. The maximum absolute atomic E-state index is 11.8. The molecule has 0 bridgehead atoms. The van der Waals surface area contributed by atoms with Crippen LogP contribution in [-0.2, 0) is 16.2 Å². The Morgan fingerprint density at radius 2 is 1.88 bits per heavy atom. The van der Waals surface area contributed by atoms with E-state index in [0.717, 1.165) is 16.7 Å². The Labute approximate surface area is 146 Å². The lowest BCUT2D eigenvalue weighted by Gasteiger charge is -2.35. The molecule has 1 saturated heterocycles. The van der Waals surface area contributed by atoms with Crippen molar-refractivity contribution >= 4 is 5.91 Å². The highest BCUT2D eigenvalue weighted by Crippen LogP contribution is 2.25. The van der Waals surface area contributed by atoms with Crippen molar-refractivity contribution in [1.29, 1.82) is 0 Å². The first kappa shape index (κ1) is 17.6. The molecule has 6 nitrogen and oxygen atoms in total. The normalized spacial score (nSPS) is 21.0. The van der Waals surface area contributed by atoms with Crippen LogP contribution in [0.4, 0.5) is 0 Å². The van der Waals surface area contributed by atoms with Crippen molar-refractivity contribution in [2.45, 2.75) is 31.6 Å². The van der Waals surface area contributed by atoms with Gasteiger partial charge in [-0.1, -0.05) is 54.6 Å². The average molecular weight is 342 g/mol. The summed E-state index contributed by atoms with van der Waals surface area (Å²) in [6, 6.07) is 17.3. The molecule has 1 fully saturated rings. The Morgan fingerprint density at radius 1 is 1.16 bits per heavy atom. The second kappa shape index (κ2) is 8.22. The average Bonchev–Trinajstić information content (AvgIpc) is 2.67. The highest BCUT2D eigenvalue weighted by atomic mass is 16.7. The van der Waals surface area contributed by atoms with Crippen molar-refractivity contribution < 1.29 is 19.9 Å². The van der Waals surface area contributed by atoms with E-state index >= 15 is 0 Å². The van der Waals surface area contributed by atoms with E-state index < -0.39 is 18.1 Å². The lowest BCUT2D eigenvalue weighted by molar-refractivity contribution is -0.219. The molecule has 0 aliphatic carbocycles. The number of hydroxylamine groups is 3. The Balaban J connectivity index is 1.74. The van der Waals surface area contributed by atoms with Gasteiger partial charge in [-0.3, -0.25) is 14.8 Å². The minimum atomic E-state index is -0.711. The minimum Gasteiger partial charge on any atom is -0.393 e. The molecule has 3 N–H and O–H groups in total. The Kier molecular flexibility index (Phi) is 5.78. The Bertz CT molecular complexity index is 708. The van der Waals surface area contributed by atoms with Gasteiger partial charge in [-0.2, -0.15) is 5.06 Å². The first-order valence-electron chi connectivity index (χ1n) is 8.34. The molecule has 2 aromatic rings. The number of hydrogen-bond acceptors (Lipinski definition) is 5. The number of piperidine rings is 1. The van der Waals surface area contributed by atoms with E-state index in [1.165, 1.54) is 0 Å². The van der Waals surface area contributed by atoms with E-state index in [1.807, 2.05) is 54.6 Å². The topological polar surface area (TPSA) is 82.0 Å². The van der Waals surface area contributed by atoms with E-state index in [-0.39, 0.29) is 6.42 Å². The number of aliphatic hydroxyl groups excluding tert-OH is 1. The molecule has 0 radical (unpaired) electrons. The third kappa shape index (κ3) is 4.24. The largest absolute Gasteiger partial charge is 0.393 e. The van der Waals surface area contributed by atoms with Gasteiger partial charge >= 0.3 is 0 Å². The van der Waals surface area contributed by atoms with Crippen molar-refractivity contribution in [2.24, 2.45) is 0 Å². The predicted octanol–water partition coefficient (Wildman–Crippen LogP) is 2.12. The molecule has 1 aliphatic rings. The summed E-state index contributed by atoms with van der Waals surface area (Å²) in [6.45, 7) is 0.725. The summed E-state index contributed by atoms with van der Waals surface area (Å²) in [7, 11) is 0. The zero-order chi connectivity index (χ0) is 17.6. The van der Waals surface area contributed by atoms with Gasteiger partial charge in [-0.05, 0) is 23.1 Å². The van der Waals surface area contributed by atoms with Crippen molar-refractivity contribution in [3.63, 3.8) is 0 Å². The number of nitrogens with one attached hydrogen (secondary N) is 1. The number of rotatable bonds is 5. The predicted molar refractivity (Wildman–Crippen MR) is 92.3 cm³/mol. The fraction of sp³-hybridized carbons (Fsp3) is 0.316. The van der Waals surface area contributed by atoms with E-state index in [4.69, 9.17) is 10.0 Å². The van der Waals surface area contributed by atoms with Crippen LogP contribution in [0.1, 0.15) is 18.4 Å². The molecule has 0 spiro atoms. The van der Waals surface area contributed by atoms with Crippen LogP contribution >= 0.6 is 0 Å². The molecule has 2 atom stereocenters. The standard InChI is InChI=1S/C19H22N2O4/c22-16-10-11-21(18(12-16)19(23)20-24)25-13-15-8-4-5-9-17(15)14-6-2-1-3-7-14/h1-9,16,18,22,24H,10-13H2,(H,20,23)/t16-,18+/m0/s1. The molecule has 25 heavy (non-hydrogen) atoms. The highest BCUT2D eigenvalue weighted by Gasteiger charge is 2.33. The molecule has 0 saturated carbocycles. The van der Waals surface area contributed by atoms with Crippen LogP contribution in [0.5, 0.6) is 0 Å². The van der Waals surface area contributed by atoms with Crippen LogP contribution in [0.3, 0.4) is 0 Å². The quantitative estimate of drug-likeness (QED) is 0.573. The monoisotopic (exact) mass is 342 g/mol. The van der Waals surface area contributed by atoms with Crippen LogP contribution in [-0.4, -0.2) is 40.0 Å². The highest BCUT2D eigenvalue weighted by molar-refractivity contribution is 5.80. The number of amides is 1. The maximum Gasteiger partial charge on any atom is 0.263 e. The second-order valence-electron chi connectivity index (χ2n) is 6.11. The van der Waals surface area contributed by atoms with Gasteiger partial charge in [-0.15, -0.1) is 0 Å². The van der Waals surface area contributed by atoms with Gasteiger partial charge in [0.25, 0.3) is 5.91 Å². The maximum atomic E-state index is 11.8. The third-order valence-corrected chi connectivity index (χ3v) is 4.43. The smallest absolute Gasteiger partial charge is 0.263 e. The fourth-order valence-corrected chi connectivity index (χ4v) is 3.09. The lowest BCUT2D eigenvalue weighted by atomic mass is 10.00. The van der Waals surface area contributed by atoms with Gasteiger partial charge in [0.15, 0.2) is 0 Å². The van der Waals surface area contributed by atoms with Gasteiger partial charge in [0.05, 0.1) is 12.7 Å². The zero-order valence-electron chi connectivity index (χ0n) is 13.8. The molecule has 0 unspecified atom stereocenters. The van der Waals surface area contributed by atoms with E-state index in [0.29, 0.717) is 19.6 Å². The van der Waals surface area contributed by atoms with Crippen molar-refractivity contribution in [3.05, 3.63) is 60.2 Å². The van der Waals surface area contributed by atoms with Crippen LogP contribution in [0.15, 0.2) is 54.6 Å². The molecule has 1 aliphatic heterocycles.